The molecule has 8 nitrogen and oxygen atoms in total. The lowest BCUT2D eigenvalue weighted by Crippen LogP contribution is -2.38. The SMILES string of the molecule is CC.CC.CCC(OC1=CCCC(CNC=O)C=C1)C(=O)O.C[C@@H]1SCCN1C(=O)CC(N)Cc1cc(F)c(F)cc1F. The molecule has 1 heterocycles. The van der Waals surface area contributed by atoms with Gasteiger partial charge in [-0.25, -0.2) is 18.0 Å². The molecule has 43 heavy (non-hydrogen) atoms. The predicted octanol–water partition coefficient (Wildman–Crippen LogP) is 5.80. The highest BCUT2D eigenvalue weighted by Gasteiger charge is 2.27. The first-order chi connectivity index (χ1) is 20.5. The van der Waals surface area contributed by atoms with E-state index >= 15 is 0 Å². The van der Waals surface area contributed by atoms with Crippen LogP contribution in [0.5, 0.6) is 0 Å². The van der Waals surface area contributed by atoms with Crippen LogP contribution in [0.15, 0.2) is 36.1 Å². The number of ether oxygens (including phenoxy) is 1. The summed E-state index contributed by atoms with van der Waals surface area (Å²) in [5, 5.41) is 11.7. The van der Waals surface area contributed by atoms with Crippen molar-refractivity contribution in [2.45, 2.75) is 91.2 Å². The molecule has 1 aromatic carbocycles. The molecule has 1 fully saturated rings. The second-order valence-corrected chi connectivity index (χ2v) is 10.7. The molecule has 0 saturated carbocycles. The molecule has 3 unspecified atom stereocenters. The fraction of sp³-hybridized carbons (Fsp3) is 0.581. The summed E-state index contributed by atoms with van der Waals surface area (Å²) in [6.45, 7) is 13.0. The molecule has 3 rings (SSSR count). The van der Waals surface area contributed by atoms with Crippen molar-refractivity contribution in [2.75, 3.05) is 18.8 Å². The number of allylic oxidation sites excluding steroid dienone is 2. The topological polar surface area (TPSA) is 122 Å². The zero-order chi connectivity index (χ0) is 32.9. The van der Waals surface area contributed by atoms with Gasteiger partial charge >= 0.3 is 5.97 Å². The van der Waals surface area contributed by atoms with E-state index in [1.807, 2.05) is 46.8 Å². The largest absolute Gasteiger partial charge is 0.479 e. The molecule has 1 aliphatic carbocycles. The van der Waals surface area contributed by atoms with E-state index < -0.39 is 35.6 Å². The van der Waals surface area contributed by atoms with Crippen LogP contribution in [0, 0.1) is 23.4 Å². The summed E-state index contributed by atoms with van der Waals surface area (Å²) in [5.41, 5.74) is 5.82. The normalized spacial score (nSPS) is 18.6. The van der Waals surface area contributed by atoms with Crippen molar-refractivity contribution in [3.63, 3.8) is 0 Å². The Bertz CT molecular complexity index is 1060. The van der Waals surface area contributed by atoms with Crippen molar-refractivity contribution < 1.29 is 37.4 Å². The van der Waals surface area contributed by atoms with Gasteiger partial charge in [0.2, 0.25) is 12.3 Å². The number of nitrogens with two attached hydrogens (primary N) is 1. The molecule has 2 amide bonds. The number of carboxylic acids is 1. The molecule has 0 radical (unpaired) electrons. The summed E-state index contributed by atoms with van der Waals surface area (Å²) in [5.74, 6) is -2.49. The molecule has 4 N–H and O–H groups in total. The Hall–Kier alpha value is -2.99. The van der Waals surface area contributed by atoms with E-state index in [9.17, 15) is 27.6 Å². The number of halogens is 3. The lowest BCUT2D eigenvalue weighted by atomic mass is 10.0. The minimum absolute atomic E-state index is 0.00978. The summed E-state index contributed by atoms with van der Waals surface area (Å²) in [7, 11) is 0. The van der Waals surface area contributed by atoms with Gasteiger partial charge in [0, 0.05) is 37.4 Å². The van der Waals surface area contributed by atoms with Gasteiger partial charge in [0.15, 0.2) is 17.7 Å². The number of amides is 2. The molecule has 4 atom stereocenters. The minimum atomic E-state index is -1.23. The van der Waals surface area contributed by atoms with Crippen molar-refractivity contribution >= 4 is 30.0 Å². The lowest BCUT2D eigenvalue weighted by molar-refractivity contribution is -0.147. The molecule has 0 aromatic heterocycles. The van der Waals surface area contributed by atoms with Crippen LogP contribution < -0.4 is 11.1 Å². The van der Waals surface area contributed by atoms with Gasteiger partial charge in [-0.15, -0.1) is 11.8 Å². The molecule has 244 valence electrons. The molecule has 1 aliphatic heterocycles. The molecule has 1 aromatic rings. The Morgan fingerprint density at radius 2 is 1.84 bits per heavy atom. The van der Waals surface area contributed by atoms with Crippen LogP contribution in [0.3, 0.4) is 0 Å². The molecule has 2 aliphatic rings. The van der Waals surface area contributed by atoms with E-state index in [0.717, 1.165) is 24.7 Å². The van der Waals surface area contributed by atoms with Gasteiger partial charge in [-0.2, -0.15) is 0 Å². The average Bonchev–Trinajstić information content (AvgIpc) is 3.30. The van der Waals surface area contributed by atoms with Crippen LogP contribution in [0.2, 0.25) is 0 Å². The Balaban J connectivity index is 0.000000743. The molecule has 0 bridgehead atoms. The maximum absolute atomic E-state index is 13.5. The third kappa shape index (κ3) is 14.8. The third-order valence-electron chi connectivity index (χ3n) is 6.26. The van der Waals surface area contributed by atoms with Crippen molar-refractivity contribution in [2.24, 2.45) is 11.7 Å². The van der Waals surface area contributed by atoms with Gasteiger partial charge in [0.25, 0.3) is 0 Å². The fourth-order valence-corrected chi connectivity index (χ4v) is 5.15. The van der Waals surface area contributed by atoms with Crippen LogP contribution in [0.1, 0.15) is 72.8 Å². The number of hydrogen-bond donors (Lipinski definition) is 3. The number of carbonyl (C=O) groups excluding carboxylic acids is 2. The van der Waals surface area contributed by atoms with E-state index in [-0.39, 0.29) is 35.6 Å². The summed E-state index contributed by atoms with van der Waals surface area (Å²) >= 11 is 1.68. The van der Waals surface area contributed by atoms with E-state index in [0.29, 0.717) is 37.7 Å². The van der Waals surface area contributed by atoms with E-state index in [1.54, 1.807) is 29.7 Å². The standard InChI is InChI=1S/C14H17F3N2OS.C13H19NO4.2C2H6/c1-8-19(2-3-21-8)14(20)6-10(18)4-9-5-12(16)13(17)7-11(9)15;1-2-12(13(16)17)18-11-5-3-4-10(6-7-11)8-14-9-15;2*1-2/h5,7-8,10H,2-4,6,18H2,1H3;5-7,9-10,12H,2-4,8H2,1H3,(H,14,15)(H,16,17);2*1-2H3/t8-,10?;;;/m0.../s1. The molecule has 12 heteroatoms. The van der Waals surface area contributed by atoms with Crippen LogP contribution in [-0.2, 0) is 25.5 Å². The second kappa shape index (κ2) is 22.5. The number of carboxylic acid groups (broad SMARTS) is 1. The van der Waals surface area contributed by atoms with Gasteiger partial charge in [0.05, 0.1) is 5.37 Å². The average molecular weight is 632 g/mol. The van der Waals surface area contributed by atoms with Gasteiger partial charge < -0.3 is 25.8 Å². The summed E-state index contributed by atoms with van der Waals surface area (Å²) in [6.07, 6.45) is 7.71. The third-order valence-corrected chi connectivity index (χ3v) is 7.42. The Morgan fingerprint density at radius 1 is 1.19 bits per heavy atom. The van der Waals surface area contributed by atoms with E-state index in [2.05, 4.69) is 5.32 Å². The first-order valence-electron chi connectivity index (χ1n) is 14.8. The fourth-order valence-electron chi connectivity index (χ4n) is 4.10. The molecule has 0 spiro atoms. The number of aliphatic carboxylic acids is 1. The minimum Gasteiger partial charge on any atom is -0.479 e. The van der Waals surface area contributed by atoms with Crippen molar-refractivity contribution in [3.05, 3.63) is 59.1 Å². The number of carbonyl (C=O) groups is 3. The van der Waals surface area contributed by atoms with Crippen molar-refractivity contribution in [1.29, 1.82) is 0 Å². The maximum Gasteiger partial charge on any atom is 0.344 e. The highest BCUT2D eigenvalue weighted by atomic mass is 32.2. The summed E-state index contributed by atoms with van der Waals surface area (Å²) in [6, 6.07) is 0.663. The van der Waals surface area contributed by atoms with Gasteiger partial charge in [-0.3, -0.25) is 9.59 Å². The zero-order valence-electron chi connectivity index (χ0n) is 26.1. The molecule has 1 saturated heterocycles. The van der Waals surface area contributed by atoms with Crippen molar-refractivity contribution in [1.82, 2.24) is 10.2 Å². The Labute approximate surface area is 258 Å². The van der Waals surface area contributed by atoms with Crippen molar-refractivity contribution in [3.8, 4) is 0 Å². The monoisotopic (exact) mass is 631 g/mol. The highest BCUT2D eigenvalue weighted by Crippen LogP contribution is 2.24. The van der Waals surface area contributed by atoms with Crippen LogP contribution >= 0.6 is 11.8 Å². The molecular formula is C31H48F3N3O5S. The lowest BCUT2D eigenvalue weighted by Gasteiger charge is -2.22. The Kier molecular flexibility index (Phi) is 21.0. The Morgan fingerprint density at radius 3 is 2.40 bits per heavy atom. The van der Waals surface area contributed by atoms with Crippen LogP contribution in [0.25, 0.3) is 0 Å². The number of hydrogen-bond acceptors (Lipinski definition) is 6. The number of benzene rings is 1. The maximum atomic E-state index is 13.5. The van der Waals surface area contributed by atoms with Gasteiger partial charge in [-0.05, 0) is 62.3 Å². The number of rotatable bonds is 11. The van der Waals surface area contributed by atoms with Gasteiger partial charge in [0.1, 0.15) is 11.6 Å². The number of thioether (sulfide) groups is 1. The van der Waals surface area contributed by atoms with E-state index in [4.69, 9.17) is 15.6 Å². The van der Waals surface area contributed by atoms with Crippen LogP contribution in [-0.4, -0.2) is 64.7 Å². The second-order valence-electron chi connectivity index (χ2n) is 9.27. The zero-order valence-corrected chi connectivity index (χ0v) is 26.9. The molecular weight excluding hydrogens is 583 g/mol. The summed E-state index contributed by atoms with van der Waals surface area (Å²) in [4.78, 5) is 34.9. The number of nitrogens with one attached hydrogen (secondary N) is 1. The quantitative estimate of drug-likeness (QED) is 0.209. The predicted molar refractivity (Wildman–Crippen MR) is 166 cm³/mol. The first-order valence-corrected chi connectivity index (χ1v) is 15.8. The summed E-state index contributed by atoms with van der Waals surface area (Å²) < 4.78 is 44.9. The smallest absolute Gasteiger partial charge is 0.344 e. The highest BCUT2D eigenvalue weighted by molar-refractivity contribution is 8.00. The number of nitrogens with zero attached hydrogens (tertiary/aromatic N) is 1. The van der Waals surface area contributed by atoms with E-state index in [1.165, 1.54) is 0 Å². The first kappa shape index (κ1) is 40.0. The van der Waals surface area contributed by atoms with Crippen LogP contribution in [0.4, 0.5) is 13.2 Å². The van der Waals surface area contributed by atoms with Gasteiger partial charge in [-0.1, -0.05) is 40.7 Å².